The van der Waals surface area contributed by atoms with Gasteiger partial charge in [-0.3, -0.25) is 4.79 Å². The number of ether oxygens (including phenoxy) is 1. The van der Waals surface area contributed by atoms with Crippen molar-refractivity contribution < 1.29 is 18.7 Å². The molecule has 132 valence electrons. The van der Waals surface area contributed by atoms with Crippen LogP contribution in [0.25, 0.3) is 0 Å². The number of carbonyl (C=O) groups excluding carboxylic acids is 2. The standard InChI is InChI=1S/C18H25FN2O3/c1-13(2)12-24-18(23)20-16-7-9-21(10-8-16)17(22)11-14-3-5-15(19)6-4-14/h3-6,13,16H,7-12H2,1-2H3,(H,20,23). The number of hydrogen-bond donors (Lipinski definition) is 1. The van der Waals surface area contributed by atoms with Gasteiger partial charge >= 0.3 is 6.09 Å². The monoisotopic (exact) mass is 336 g/mol. The number of hydrogen-bond acceptors (Lipinski definition) is 3. The topological polar surface area (TPSA) is 58.6 Å². The van der Waals surface area contributed by atoms with Crippen LogP contribution in [0, 0.1) is 11.7 Å². The Labute approximate surface area is 142 Å². The smallest absolute Gasteiger partial charge is 0.407 e. The zero-order valence-corrected chi connectivity index (χ0v) is 14.3. The van der Waals surface area contributed by atoms with E-state index in [-0.39, 0.29) is 30.3 Å². The molecule has 0 aliphatic carbocycles. The first-order valence-corrected chi connectivity index (χ1v) is 8.39. The number of rotatable bonds is 5. The molecule has 0 saturated carbocycles. The summed E-state index contributed by atoms with van der Waals surface area (Å²) >= 11 is 0. The first-order chi connectivity index (χ1) is 11.4. The van der Waals surface area contributed by atoms with E-state index >= 15 is 0 Å². The van der Waals surface area contributed by atoms with Crippen molar-refractivity contribution in [1.82, 2.24) is 10.2 Å². The van der Waals surface area contributed by atoms with Crippen molar-refractivity contribution in [3.63, 3.8) is 0 Å². The Hall–Kier alpha value is -2.11. The number of amides is 2. The highest BCUT2D eigenvalue weighted by Gasteiger charge is 2.24. The van der Waals surface area contributed by atoms with Gasteiger partial charge in [-0.2, -0.15) is 0 Å². The minimum Gasteiger partial charge on any atom is -0.449 e. The number of halogens is 1. The van der Waals surface area contributed by atoms with E-state index in [9.17, 15) is 14.0 Å². The summed E-state index contributed by atoms with van der Waals surface area (Å²) in [6.45, 7) is 5.59. The molecule has 2 rings (SSSR count). The molecule has 0 spiro atoms. The first kappa shape index (κ1) is 18.2. The summed E-state index contributed by atoms with van der Waals surface area (Å²) < 4.78 is 18.0. The fraction of sp³-hybridized carbons (Fsp3) is 0.556. The van der Waals surface area contributed by atoms with E-state index in [0.29, 0.717) is 38.5 Å². The number of alkyl carbamates (subject to hydrolysis) is 1. The van der Waals surface area contributed by atoms with Gasteiger partial charge in [0.1, 0.15) is 5.82 Å². The van der Waals surface area contributed by atoms with Crippen molar-refractivity contribution in [3.05, 3.63) is 35.6 Å². The molecule has 1 heterocycles. The molecule has 1 aromatic rings. The molecular formula is C18H25FN2O3. The lowest BCUT2D eigenvalue weighted by Gasteiger charge is -2.32. The first-order valence-electron chi connectivity index (χ1n) is 8.39. The van der Waals surface area contributed by atoms with Crippen LogP contribution in [0.2, 0.25) is 0 Å². The molecule has 1 N–H and O–H groups in total. The van der Waals surface area contributed by atoms with Gasteiger partial charge in [0.15, 0.2) is 0 Å². The van der Waals surface area contributed by atoms with Crippen LogP contribution in [0.15, 0.2) is 24.3 Å². The third-order valence-corrected chi connectivity index (χ3v) is 3.99. The van der Waals surface area contributed by atoms with E-state index < -0.39 is 0 Å². The molecule has 24 heavy (non-hydrogen) atoms. The van der Waals surface area contributed by atoms with Gasteiger partial charge in [-0.1, -0.05) is 26.0 Å². The average molecular weight is 336 g/mol. The van der Waals surface area contributed by atoms with Crippen LogP contribution in [-0.2, 0) is 16.0 Å². The summed E-state index contributed by atoms with van der Waals surface area (Å²) in [5, 5.41) is 2.85. The number of piperidine rings is 1. The largest absolute Gasteiger partial charge is 0.449 e. The zero-order chi connectivity index (χ0) is 17.5. The normalized spacial score (nSPS) is 15.4. The number of nitrogens with zero attached hydrogens (tertiary/aromatic N) is 1. The SMILES string of the molecule is CC(C)COC(=O)NC1CCN(C(=O)Cc2ccc(F)cc2)CC1. The van der Waals surface area contributed by atoms with Gasteiger partial charge in [-0.05, 0) is 36.5 Å². The van der Waals surface area contributed by atoms with E-state index in [1.54, 1.807) is 17.0 Å². The molecule has 6 heteroatoms. The van der Waals surface area contributed by atoms with Gasteiger partial charge in [0.05, 0.1) is 13.0 Å². The van der Waals surface area contributed by atoms with Crippen molar-refractivity contribution in [1.29, 1.82) is 0 Å². The molecule has 1 saturated heterocycles. The number of nitrogens with one attached hydrogen (secondary N) is 1. The van der Waals surface area contributed by atoms with Gasteiger partial charge in [0, 0.05) is 19.1 Å². The maximum atomic E-state index is 12.9. The Balaban J connectivity index is 1.72. The van der Waals surface area contributed by atoms with Crippen LogP contribution in [-0.4, -0.2) is 42.6 Å². The summed E-state index contributed by atoms with van der Waals surface area (Å²) in [5.41, 5.74) is 0.805. The third kappa shape index (κ3) is 5.83. The predicted octanol–water partition coefficient (Wildman–Crippen LogP) is 2.74. The molecule has 0 unspecified atom stereocenters. The summed E-state index contributed by atoms with van der Waals surface area (Å²) in [6, 6.07) is 6.03. The molecule has 1 aromatic carbocycles. The highest BCUT2D eigenvalue weighted by Crippen LogP contribution is 2.13. The molecule has 0 radical (unpaired) electrons. The second-order valence-corrected chi connectivity index (χ2v) is 6.59. The molecule has 0 aromatic heterocycles. The summed E-state index contributed by atoms with van der Waals surface area (Å²) in [5.74, 6) is 0.0339. The Morgan fingerprint density at radius 3 is 2.46 bits per heavy atom. The Kier molecular flexibility index (Phi) is 6.58. The van der Waals surface area contributed by atoms with Crippen LogP contribution in [0.1, 0.15) is 32.3 Å². The van der Waals surface area contributed by atoms with Crippen molar-refractivity contribution in [2.75, 3.05) is 19.7 Å². The van der Waals surface area contributed by atoms with Gasteiger partial charge < -0.3 is 15.0 Å². The van der Waals surface area contributed by atoms with Gasteiger partial charge in [-0.25, -0.2) is 9.18 Å². The maximum Gasteiger partial charge on any atom is 0.407 e. The van der Waals surface area contributed by atoms with E-state index in [0.717, 1.165) is 5.56 Å². The third-order valence-electron chi connectivity index (χ3n) is 3.99. The molecule has 2 amide bonds. The van der Waals surface area contributed by atoms with E-state index in [1.165, 1.54) is 12.1 Å². The number of likely N-dealkylation sites (tertiary alicyclic amines) is 1. The van der Waals surface area contributed by atoms with Crippen LogP contribution in [0.3, 0.4) is 0 Å². The number of carbonyl (C=O) groups is 2. The fourth-order valence-electron chi connectivity index (χ4n) is 2.61. The van der Waals surface area contributed by atoms with Crippen molar-refractivity contribution >= 4 is 12.0 Å². The molecular weight excluding hydrogens is 311 g/mol. The van der Waals surface area contributed by atoms with Crippen molar-refractivity contribution in [3.8, 4) is 0 Å². The van der Waals surface area contributed by atoms with Crippen LogP contribution in [0.4, 0.5) is 9.18 Å². The number of benzene rings is 1. The highest BCUT2D eigenvalue weighted by atomic mass is 19.1. The van der Waals surface area contributed by atoms with E-state index in [4.69, 9.17) is 4.74 Å². The molecule has 1 fully saturated rings. The molecule has 1 aliphatic rings. The Bertz CT molecular complexity index is 552. The van der Waals surface area contributed by atoms with Crippen LogP contribution < -0.4 is 5.32 Å². The maximum absolute atomic E-state index is 12.9. The summed E-state index contributed by atoms with van der Waals surface area (Å²) in [7, 11) is 0. The van der Waals surface area contributed by atoms with Crippen molar-refractivity contribution in [2.45, 2.75) is 39.2 Å². The Morgan fingerprint density at radius 2 is 1.88 bits per heavy atom. The molecule has 1 aliphatic heterocycles. The summed E-state index contributed by atoms with van der Waals surface area (Å²) in [4.78, 5) is 25.7. The minimum absolute atomic E-state index is 0.0300. The second kappa shape index (κ2) is 8.66. The quantitative estimate of drug-likeness (QED) is 0.899. The second-order valence-electron chi connectivity index (χ2n) is 6.59. The molecule has 5 nitrogen and oxygen atoms in total. The lowest BCUT2D eigenvalue weighted by molar-refractivity contribution is -0.131. The average Bonchev–Trinajstić information content (AvgIpc) is 2.55. The minimum atomic E-state index is -0.389. The van der Waals surface area contributed by atoms with Crippen LogP contribution >= 0.6 is 0 Å². The van der Waals surface area contributed by atoms with Gasteiger partial charge in [0.25, 0.3) is 0 Å². The predicted molar refractivity (Wildman–Crippen MR) is 89.0 cm³/mol. The highest BCUT2D eigenvalue weighted by molar-refractivity contribution is 5.79. The zero-order valence-electron chi connectivity index (χ0n) is 14.3. The van der Waals surface area contributed by atoms with E-state index in [2.05, 4.69) is 5.32 Å². The lowest BCUT2D eigenvalue weighted by atomic mass is 10.0. The van der Waals surface area contributed by atoms with Crippen LogP contribution in [0.5, 0.6) is 0 Å². The summed E-state index contributed by atoms with van der Waals surface area (Å²) in [6.07, 6.45) is 1.31. The van der Waals surface area contributed by atoms with E-state index in [1.807, 2.05) is 13.8 Å². The van der Waals surface area contributed by atoms with Gasteiger partial charge in [0.2, 0.25) is 5.91 Å². The molecule has 0 atom stereocenters. The lowest BCUT2D eigenvalue weighted by Crippen LogP contribution is -2.47. The van der Waals surface area contributed by atoms with Crippen molar-refractivity contribution in [2.24, 2.45) is 5.92 Å². The fourth-order valence-corrected chi connectivity index (χ4v) is 2.61. The Morgan fingerprint density at radius 1 is 1.25 bits per heavy atom. The molecule has 0 bridgehead atoms. The van der Waals surface area contributed by atoms with Gasteiger partial charge in [-0.15, -0.1) is 0 Å².